The molecule has 0 spiro atoms. The molecule has 0 radical (unpaired) electrons. The standard InChI is InChI=1S/C19H30O2/c1-3-4-5-6-7-8-9-10-11-12-13-14-15-16-17-18-19(20)21-2/h3,6-14,17-18H2,1-2H3. The molecule has 2 heteroatoms. The first-order chi connectivity index (χ1) is 10.3. The molecule has 0 atom stereocenters. The van der Waals surface area contributed by atoms with Gasteiger partial charge in [-0.3, -0.25) is 4.79 Å². The fourth-order valence-corrected chi connectivity index (χ4v) is 1.97. The third-order valence-electron chi connectivity index (χ3n) is 3.21. The molecule has 118 valence electrons. The fraction of sp³-hybridized carbons (Fsp3) is 0.737. The maximum absolute atomic E-state index is 10.8. The summed E-state index contributed by atoms with van der Waals surface area (Å²) in [5, 5.41) is 0. The van der Waals surface area contributed by atoms with E-state index in [0.29, 0.717) is 12.8 Å². The fourth-order valence-electron chi connectivity index (χ4n) is 1.97. The molecule has 0 aliphatic rings. The molecule has 0 aromatic heterocycles. The zero-order valence-electron chi connectivity index (χ0n) is 13.8. The van der Waals surface area contributed by atoms with Gasteiger partial charge in [-0.2, -0.15) is 0 Å². The van der Waals surface area contributed by atoms with Gasteiger partial charge in [0.05, 0.1) is 13.5 Å². The lowest BCUT2D eigenvalue weighted by atomic mass is 10.1. The first kappa shape index (κ1) is 19.6. The Hall–Kier alpha value is -1.41. The third kappa shape index (κ3) is 16.5. The van der Waals surface area contributed by atoms with Gasteiger partial charge in [0.2, 0.25) is 0 Å². The molecule has 0 aliphatic carbocycles. The maximum Gasteiger partial charge on any atom is 0.306 e. The second-order valence-corrected chi connectivity index (χ2v) is 5.11. The minimum absolute atomic E-state index is 0.176. The molecule has 0 aliphatic heterocycles. The highest BCUT2D eigenvalue weighted by Crippen LogP contribution is 2.09. The van der Waals surface area contributed by atoms with Crippen LogP contribution in [-0.2, 0) is 9.53 Å². The van der Waals surface area contributed by atoms with Gasteiger partial charge in [-0.15, -0.1) is 23.7 Å². The van der Waals surface area contributed by atoms with Crippen molar-refractivity contribution >= 4 is 5.97 Å². The van der Waals surface area contributed by atoms with Gasteiger partial charge in [-0.05, 0) is 12.8 Å². The molecular weight excluding hydrogens is 260 g/mol. The van der Waals surface area contributed by atoms with Gasteiger partial charge in [-0.1, -0.05) is 39.0 Å². The van der Waals surface area contributed by atoms with Crippen molar-refractivity contribution in [1.82, 2.24) is 0 Å². The van der Waals surface area contributed by atoms with Crippen molar-refractivity contribution in [2.45, 2.75) is 84.0 Å². The van der Waals surface area contributed by atoms with E-state index in [9.17, 15) is 4.79 Å². The number of rotatable bonds is 10. The van der Waals surface area contributed by atoms with Crippen molar-refractivity contribution in [2.24, 2.45) is 0 Å². The highest BCUT2D eigenvalue weighted by Gasteiger charge is 1.95. The molecule has 0 aromatic carbocycles. The van der Waals surface area contributed by atoms with E-state index in [0.717, 1.165) is 19.3 Å². The number of methoxy groups -OCH3 is 1. The second-order valence-electron chi connectivity index (χ2n) is 5.11. The summed E-state index contributed by atoms with van der Waals surface area (Å²) in [7, 11) is 1.41. The van der Waals surface area contributed by atoms with Crippen LogP contribution in [0.25, 0.3) is 0 Å². The van der Waals surface area contributed by atoms with Crippen LogP contribution in [0.15, 0.2) is 0 Å². The van der Waals surface area contributed by atoms with E-state index in [-0.39, 0.29) is 5.97 Å². The smallest absolute Gasteiger partial charge is 0.306 e. The summed E-state index contributed by atoms with van der Waals surface area (Å²) >= 11 is 0. The molecule has 0 N–H and O–H groups in total. The minimum Gasteiger partial charge on any atom is -0.469 e. The lowest BCUT2D eigenvalue weighted by Crippen LogP contribution is -1.98. The zero-order chi connectivity index (χ0) is 15.6. The molecule has 0 aromatic rings. The van der Waals surface area contributed by atoms with Gasteiger partial charge in [0.25, 0.3) is 0 Å². The van der Waals surface area contributed by atoms with Crippen molar-refractivity contribution in [3.8, 4) is 23.7 Å². The van der Waals surface area contributed by atoms with Crippen LogP contribution in [0.4, 0.5) is 0 Å². The van der Waals surface area contributed by atoms with Crippen LogP contribution in [0.3, 0.4) is 0 Å². The summed E-state index contributed by atoms with van der Waals surface area (Å²) in [6.45, 7) is 2.09. The molecular formula is C19H30O2. The quantitative estimate of drug-likeness (QED) is 0.326. The predicted octanol–water partition coefficient (Wildman–Crippen LogP) is 4.87. The van der Waals surface area contributed by atoms with Gasteiger partial charge >= 0.3 is 5.97 Å². The van der Waals surface area contributed by atoms with Gasteiger partial charge in [0.15, 0.2) is 0 Å². The summed E-state index contributed by atoms with van der Waals surface area (Å²) in [5.41, 5.74) is 0. The summed E-state index contributed by atoms with van der Waals surface area (Å²) in [6.07, 6.45) is 13.0. The Bertz CT molecular complexity index is 362. The van der Waals surface area contributed by atoms with E-state index >= 15 is 0 Å². The van der Waals surface area contributed by atoms with Crippen molar-refractivity contribution < 1.29 is 9.53 Å². The monoisotopic (exact) mass is 290 g/mol. The van der Waals surface area contributed by atoms with Crippen molar-refractivity contribution in [1.29, 1.82) is 0 Å². The molecule has 0 amide bonds. The van der Waals surface area contributed by atoms with Crippen LogP contribution in [0.1, 0.15) is 84.0 Å². The summed E-state index contributed by atoms with van der Waals surface area (Å²) in [4.78, 5) is 10.8. The Morgan fingerprint density at radius 3 is 1.76 bits per heavy atom. The molecule has 0 saturated carbocycles. The van der Waals surface area contributed by atoms with E-state index in [2.05, 4.69) is 35.3 Å². The van der Waals surface area contributed by atoms with E-state index in [4.69, 9.17) is 0 Å². The van der Waals surface area contributed by atoms with Crippen LogP contribution in [0.2, 0.25) is 0 Å². The maximum atomic E-state index is 10.8. The minimum atomic E-state index is -0.176. The highest BCUT2D eigenvalue weighted by molar-refractivity contribution is 5.69. The Morgan fingerprint density at radius 1 is 0.762 bits per heavy atom. The molecule has 0 heterocycles. The molecule has 0 bridgehead atoms. The molecule has 0 saturated heterocycles. The number of hydrogen-bond donors (Lipinski definition) is 0. The van der Waals surface area contributed by atoms with Crippen LogP contribution in [-0.4, -0.2) is 13.1 Å². The number of hydrogen-bond acceptors (Lipinski definition) is 2. The first-order valence-corrected chi connectivity index (χ1v) is 8.29. The normalized spacial score (nSPS) is 9.24. The Labute approximate surface area is 131 Å². The average molecular weight is 290 g/mol. The molecule has 0 fully saturated rings. The van der Waals surface area contributed by atoms with Crippen molar-refractivity contribution in [3.05, 3.63) is 0 Å². The van der Waals surface area contributed by atoms with E-state index in [1.54, 1.807) is 0 Å². The van der Waals surface area contributed by atoms with Gasteiger partial charge in [0, 0.05) is 25.7 Å². The number of ether oxygens (including phenoxy) is 1. The SMILES string of the molecule is CCC#CCCCCCCCCCC#CCCC(=O)OC. The number of esters is 1. The lowest BCUT2D eigenvalue weighted by molar-refractivity contribution is -0.140. The predicted molar refractivity (Wildman–Crippen MR) is 88.6 cm³/mol. The molecule has 0 unspecified atom stereocenters. The summed E-state index contributed by atoms with van der Waals surface area (Å²) in [6, 6.07) is 0. The van der Waals surface area contributed by atoms with Gasteiger partial charge in [-0.25, -0.2) is 0 Å². The van der Waals surface area contributed by atoms with Gasteiger partial charge in [0.1, 0.15) is 0 Å². The summed E-state index contributed by atoms with van der Waals surface area (Å²) in [5.74, 6) is 12.3. The van der Waals surface area contributed by atoms with E-state index in [1.165, 1.54) is 52.1 Å². The second kappa shape index (κ2) is 16.6. The Kier molecular flexibility index (Phi) is 15.5. The Morgan fingerprint density at radius 2 is 1.24 bits per heavy atom. The van der Waals surface area contributed by atoms with Crippen molar-refractivity contribution in [2.75, 3.05) is 7.11 Å². The van der Waals surface area contributed by atoms with E-state index < -0.39 is 0 Å². The lowest BCUT2D eigenvalue weighted by Gasteiger charge is -1.99. The summed E-state index contributed by atoms with van der Waals surface area (Å²) < 4.78 is 4.56. The number of carbonyl (C=O) groups is 1. The Balaban J connectivity index is 3.19. The number of unbranched alkanes of at least 4 members (excludes halogenated alkanes) is 8. The van der Waals surface area contributed by atoms with E-state index in [1.807, 2.05) is 0 Å². The van der Waals surface area contributed by atoms with Crippen LogP contribution >= 0.6 is 0 Å². The third-order valence-corrected chi connectivity index (χ3v) is 3.21. The number of carbonyl (C=O) groups excluding carboxylic acids is 1. The zero-order valence-corrected chi connectivity index (χ0v) is 13.8. The average Bonchev–Trinajstić information content (AvgIpc) is 2.50. The van der Waals surface area contributed by atoms with Crippen LogP contribution in [0.5, 0.6) is 0 Å². The largest absolute Gasteiger partial charge is 0.469 e. The molecule has 2 nitrogen and oxygen atoms in total. The first-order valence-electron chi connectivity index (χ1n) is 8.29. The topological polar surface area (TPSA) is 26.3 Å². The van der Waals surface area contributed by atoms with Crippen LogP contribution < -0.4 is 0 Å². The van der Waals surface area contributed by atoms with Crippen molar-refractivity contribution in [3.63, 3.8) is 0 Å². The van der Waals surface area contributed by atoms with Crippen LogP contribution in [0, 0.1) is 23.7 Å². The molecule has 0 rings (SSSR count). The highest BCUT2D eigenvalue weighted by atomic mass is 16.5. The molecule has 21 heavy (non-hydrogen) atoms. The van der Waals surface area contributed by atoms with Gasteiger partial charge < -0.3 is 4.74 Å².